The Hall–Kier alpha value is -3.18. The molecule has 3 aromatic rings. The largest absolute Gasteiger partial charge is 0.491 e. The van der Waals surface area contributed by atoms with Gasteiger partial charge in [-0.15, -0.1) is 0 Å². The van der Waals surface area contributed by atoms with Gasteiger partial charge >= 0.3 is 0 Å². The Morgan fingerprint density at radius 3 is 2.10 bits per heavy atom. The van der Waals surface area contributed by atoms with Crippen LogP contribution in [0.2, 0.25) is 0 Å². The zero-order chi connectivity index (χ0) is 20.9. The smallest absolute Gasteiger partial charge is 0.142 e. The van der Waals surface area contributed by atoms with E-state index >= 15 is 0 Å². The Bertz CT molecular complexity index is 870. The summed E-state index contributed by atoms with van der Waals surface area (Å²) in [5.41, 5.74) is 2.01. The first-order valence-electron chi connectivity index (χ1n) is 10.3. The molecule has 0 fully saturated rings. The van der Waals surface area contributed by atoms with E-state index < -0.39 is 0 Å². The SMILES string of the molecule is CCOCCOc1ccccc1CNc1ccccc1OCCOc1ccccc1. The van der Waals surface area contributed by atoms with Crippen molar-refractivity contribution in [3.05, 3.63) is 84.4 Å². The van der Waals surface area contributed by atoms with Gasteiger partial charge in [-0.3, -0.25) is 0 Å². The van der Waals surface area contributed by atoms with Gasteiger partial charge in [0.1, 0.15) is 37.1 Å². The van der Waals surface area contributed by atoms with Crippen molar-refractivity contribution in [3.63, 3.8) is 0 Å². The van der Waals surface area contributed by atoms with Crippen LogP contribution in [0.1, 0.15) is 12.5 Å². The molecule has 0 unspecified atom stereocenters. The second-order valence-electron chi connectivity index (χ2n) is 6.51. The topological polar surface area (TPSA) is 49.0 Å². The molecule has 1 N–H and O–H groups in total. The maximum absolute atomic E-state index is 5.93. The molecule has 3 rings (SSSR count). The summed E-state index contributed by atoms with van der Waals surface area (Å²) >= 11 is 0. The quantitative estimate of drug-likeness (QED) is 0.396. The Morgan fingerprint density at radius 2 is 1.27 bits per heavy atom. The molecule has 0 amide bonds. The maximum Gasteiger partial charge on any atom is 0.142 e. The van der Waals surface area contributed by atoms with E-state index in [0.717, 1.165) is 28.5 Å². The molecule has 0 aromatic heterocycles. The van der Waals surface area contributed by atoms with Gasteiger partial charge in [-0.25, -0.2) is 0 Å². The molecular formula is C25H29NO4. The van der Waals surface area contributed by atoms with Crippen LogP contribution in [0.4, 0.5) is 5.69 Å². The highest BCUT2D eigenvalue weighted by molar-refractivity contribution is 5.56. The van der Waals surface area contributed by atoms with E-state index in [4.69, 9.17) is 18.9 Å². The zero-order valence-electron chi connectivity index (χ0n) is 17.4. The molecule has 0 saturated heterocycles. The number of rotatable bonds is 13. The van der Waals surface area contributed by atoms with Crippen LogP contribution >= 0.6 is 0 Å². The van der Waals surface area contributed by atoms with Crippen molar-refractivity contribution in [2.24, 2.45) is 0 Å². The first-order chi connectivity index (χ1) is 14.9. The molecule has 0 bridgehead atoms. The van der Waals surface area contributed by atoms with Crippen LogP contribution in [0.3, 0.4) is 0 Å². The average Bonchev–Trinajstić information content (AvgIpc) is 2.80. The fraction of sp³-hybridized carbons (Fsp3) is 0.280. The van der Waals surface area contributed by atoms with Crippen molar-refractivity contribution >= 4 is 5.69 Å². The monoisotopic (exact) mass is 407 g/mol. The highest BCUT2D eigenvalue weighted by atomic mass is 16.5. The minimum Gasteiger partial charge on any atom is -0.491 e. The fourth-order valence-corrected chi connectivity index (χ4v) is 2.90. The van der Waals surface area contributed by atoms with Crippen LogP contribution in [-0.2, 0) is 11.3 Å². The minimum absolute atomic E-state index is 0.463. The van der Waals surface area contributed by atoms with Crippen molar-refractivity contribution < 1.29 is 18.9 Å². The standard InChI is InChI=1S/C25H29NO4/c1-2-27-16-17-29-24-14-8-6-10-21(24)20-26-23-13-7-9-15-25(23)30-19-18-28-22-11-4-3-5-12-22/h3-15,26H,2,16-20H2,1H3. The molecule has 5 nitrogen and oxygen atoms in total. The summed E-state index contributed by atoms with van der Waals surface area (Å²) < 4.78 is 22.8. The molecule has 0 heterocycles. The summed E-state index contributed by atoms with van der Waals surface area (Å²) in [6, 6.07) is 25.7. The summed E-state index contributed by atoms with van der Waals surface area (Å²) in [7, 11) is 0. The summed E-state index contributed by atoms with van der Waals surface area (Å²) in [6.45, 7) is 5.36. The molecular weight excluding hydrogens is 378 g/mol. The van der Waals surface area contributed by atoms with Gasteiger partial charge in [0.15, 0.2) is 0 Å². The first-order valence-corrected chi connectivity index (χ1v) is 10.3. The zero-order valence-corrected chi connectivity index (χ0v) is 17.4. The van der Waals surface area contributed by atoms with Crippen LogP contribution in [-0.4, -0.2) is 33.0 Å². The Balaban J connectivity index is 1.51. The molecule has 0 spiro atoms. The van der Waals surface area contributed by atoms with Gasteiger partial charge < -0.3 is 24.3 Å². The average molecular weight is 408 g/mol. The molecule has 3 aromatic carbocycles. The summed E-state index contributed by atoms with van der Waals surface area (Å²) in [4.78, 5) is 0. The van der Waals surface area contributed by atoms with Gasteiger partial charge in [-0.1, -0.05) is 48.5 Å². The summed E-state index contributed by atoms with van der Waals surface area (Å²) in [5.74, 6) is 2.50. The third kappa shape index (κ3) is 7.01. The van der Waals surface area contributed by atoms with Crippen LogP contribution in [0.5, 0.6) is 17.2 Å². The lowest BCUT2D eigenvalue weighted by atomic mass is 10.2. The molecule has 5 heteroatoms. The van der Waals surface area contributed by atoms with Crippen LogP contribution in [0, 0.1) is 0 Å². The van der Waals surface area contributed by atoms with E-state index in [-0.39, 0.29) is 0 Å². The van der Waals surface area contributed by atoms with Crippen LogP contribution in [0.25, 0.3) is 0 Å². The highest BCUT2D eigenvalue weighted by Gasteiger charge is 2.06. The second-order valence-corrected chi connectivity index (χ2v) is 6.51. The predicted octanol–water partition coefficient (Wildman–Crippen LogP) is 5.17. The van der Waals surface area contributed by atoms with E-state index in [9.17, 15) is 0 Å². The van der Waals surface area contributed by atoms with Gasteiger partial charge in [-0.05, 0) is 37.3 Å². The summed E-state index contributed by atoms with van der Waals surface area (Å²) in [6.07, 6.45) is 0. The molecule has 0 atom stereocenters. The van der Waals surface area contributed by atoms with Crippen molar-refractivity contribution in [2.45, 2.75) is 13.5 Å². The van der Waals surface area contributed by atoms with E-state index in [1.807, 2.05) is 79.7 Å². The number of para-hydroxylation sites is 4. The predicted molar refractivity (Wildman–Crippen MR) is 120 cm³/mol. The van der Waals surface area contributed by atoms with Crippen molar-refractivity contribution in [1.29, 1.82) is 0 Å². The minimum atomic E-state index is 0.463. The third-order valence-corrected chi connectivity index (χ3v) is 4.37. The van der Waals surface area contributed by atoms with Gasteiger partial charge in [0.2, 0.25) is 0 Å². The van der Waals surface area contributed by atoms with E-state index in [1.165, 1.54) is 0 Å². The van der Waals surface area contributed by atoms with Gasteiger partial charge in [-0.2, -0.15) is 0 Å². The number of nitrogens with one attached hydrogen (secondary N) is 1. The number of benzene rings is 3. The fourth-order valence-electron chi connectivity index (χ4n) is 2.90. The lowest BCUT2D eigenvalue weighted by molar-refractivity contribution is 0.110. The van der Waals surface area contributed by atoms with Crippen LogP contribution in [0.15, 0.2) is 78.9 Å². The van der Waals surface area contributed by atoms with Crippen LogP contribution < -0.4 is 19.5 Å². The molecule has 0 aliphatic heterocycles. The molecule has 30 heavy (non-hydrogen) atoms. The Kier molecular flexibility index (Phi) is 8.90. The number of anilines is 1. The molecule has 0 saturated carbocycles. The maximum atomic E-state index is 5.93. The Morgan fingerprint density at radius 1 is 0.633 bits per heavy atom. The van der Waals surface area contributed by atoms with Crippen molar-refractivity contribution in [1.82, 2.24) is 0 Å². The molecule has 0 aliphatic carbocycles. The molecule has 158 valence electrons. The lowest BCUT2D eigenvalue weighted by Crippen LogP contribution is -2.11. The van der Waals surface area contributed by atoms with E-state index in [0.29, 0.717) is 39.6 Å². The molecule has 0 radical (unpaired) electrons. The highest BCUT2D eigenvalue weighted by Crippen LogP contribution is 2.26. The van der Waals surface area contributed by atoms with Gasteiger partial charge in [0.25, 0.3) is 0 Å². The lowest BCUT2D eigenvalue weighted by Gasteiger charge is -2.15. The summed E-state index contributed by atoms with van der Waals surface area (Å²) in [5, 5.41) is 3.45. The Labute approximate surface area is 178 Å². The van der Waals surface area contributed by atoms with Crippen molar-refractivity contribution in [2.75, 3.05) is 38.4 Å². The third-order valence-electron chi connectivity index (χ3n) is 4.37. The number of hydrogen-bond acceptors (Lipinski definition) is 5. The number of hydrogen-bond donors (Lipinski definition) is 1. The molecule has 0 aliphatic rings. The van der Waals surface area contributed by atoms with Gasteiger partial charge in [0, 0.05) is 18.7 Å². The first kappa shape index (κ1) is 21.5. The van der Waals surface area contributed by atoms with E-state index in [1.54, 1.807) is 0 Å². The second kappa shape index (κ2) is 12.4. The van der Waals surface area contributed by atoms with Gasteiger partial charge in [0.05, 0.1) is 12.3 Å². The van der Waals surface area contributed by atoms with Crippen molar-refractivity contribution in [3.8, 4) is 17.2 Å². The normalized spacial score (nSPS) is 10.4. The van der Waals surface area contributed by atoms with E-state index in [2.05, 4.69) is 11.4 Å². The number of ether oxygens (including phenoxy) is 4.